The first-order valence-electron chi connectivity index (χ1n) is 9.42. The molecule has 28 heavy (non-hydrogen) atoms. The minimum atomic E-state index is -4.37. The van der Waals surface area contributed by atoms with Crippen molar-refractivity contribution in [3.63, 3.8) is 0 Å². The number of nitrogens with zero attached hydrogens (tertiary/aromatic N) is 2. The van der Waals surface area contributed by atoms with Gasteiger partial charge in [-0.1, -0.05) is 56.9 Å². The number of hydrogen-bond donors (Lipinski definition) is 0. The van der Waals surface area contributed by atoms with E-state index in [1.165, 1.54) is 49.9 Å². The maximum Gasteiger partial charge on any atom is 0.416 e. The Morgan fingerprint density at radius 2 is 1.54 bits per heavy atom. The zero-order chi connectivity index (χ0) is 20.4. The van der Waals surface area contributed by atoms with E-state index in [0.29, 0.717) is 11.1 Å². The molecule has 0 atom stereocenters. The summed E-state index contributed by atoms with van der Waals surface area (Å²) < 4.78 is 51.7. The maximum absolute atomic E-state index is 14.1. The van der Waals surface area contributed by atoms with Crippen molar-refractivity contribution in [1.29, 1.82) is 0 Å². The van der Waals surface area contributed by atoms with Gasteiger partial charge in [-0.15, -0.1) is 0 Å². The predicted octanol–water partition coefficient (Wildman–Crippen LogP) is 6.81. The Bertz CT molecular complexity index is 793. The van der Waals surface area contributed by atoms with Crippen LogP contribution in [0.15, 0.2) is 52.7 Å². The minimum Gasteiger partial charge on any atom is -0.206 e. The van der Waals surface area contributed by atoms with Gasteiger partial charge >= 0.3 is 6.18 Å². The first kappa shape index (κ1) is 21.8. The summed E-state index contributed by atoms with van der Waals surface area (Å²) in [5.74, 6) is -0.362. The van der Waals surface area contributed by atoms with Crippen molar-refractivity contribution in [3.8, 4) is 0 Å². The highest BCUT2D eigenvalue weighted by Gasteiger charge is 2.29. The fraction of sp³-hybridized carbons (Fsp3) is 0.364. The summed E-state index contributed by atoms with van der Waals surface area (Å²) in [5.41, 5.74) is 1.03. The number of rotatable bonds is 9. The molecule has 2 nitrogen and oxygen atoms in total. The average molecular weight is 392 g/mol. The molecule has 0 radical (unpaired) electrons. The summed E-state index contributed by atoms with van der Waals surface area (Å²) in [5, 5.41) is 7.54. The lowest BCUT2D eigenvalue weighted by atomic mass is 10.0. The van der Waals surface area contributed by atoms with Gasteiger partial charge in [0.1, 0.15) is 5.82 Å². The molecule has 0 N–H and O–H groups in total. The van der Waals surface area contributed by atoms with Gasteiger partial charge in [-0.05, 0) is 42.2 Å². The summed E-state index contributed by atoms with van der Waals surface area (Å²) >= 11 is 0. The molecule has 0 aliphatic carbocycles. The Morgan fingerprint density at radius 3 is 2.18 bits per heavy atom. The van der Waals surface area contributed by atoms with Crippen LogP contribution in [-0.2, 0) is 12.6 Å². The van der Waals surface area contributed by atoms with Crippen LogP contribution in [0.3, 0.4) is 0 Å². The standard InChI is InChI=1S/C22H24F4N2/c1-2-3-4-5-6-7-17-8-11-19(21(23)14-17)16-28-27-15-18-9-12-20(13-10-18)22(24,25)26/h8-16H,2-7H2,1H3. The second-order valence-corrected chi connectivity index (χ2v) is 6.63. The van der Waals surface area contributed by atoms with Crippen LogP contribution in [-0.4, -0.2) is 12.4 Å². The van der Waals surface area contributed by atoms with Gasteiger partial charge < -0.3 is 0 Å². The molecule has 0 fully saturated rings. The van der Waals surface area contributed by atoms with Gasteiger partial charge in [0.25, 0.3) is 0 Å². The maximum atomic E-state index is 14.1. The summed E-state index contributed by atoms with van der Waals surface area (Å²) in [6.07, 6.45) is 4.93. The number of hydrogen-bond acceptors (Lipinski definition) is 2. The molecule has 0 amide bonds. The zero-order valence-electron chi connectivity index (χ0n) is 15.8. The number of halogens is 4. The Labute approximate surface area is 163 Å². The lowest BCUT2D eigenvalue weighted by Gasteiger charge is -2.05. The minimum absolute atomic E-state index is 0.319. The molecule has 0 aromatic heterocycles. The van der Waals surface area contributed by atoms with Gasteiger partial charge in [0.2, 0.25) is 0 Å². The van der Waals surface area contributed by atoms with Gasteiger partial charge in [0, 0.05) is 5.56 Å². The molecule has 0 saturated carbocycles. The fourth-order valence-electron chi connectivity index (χ4n) is 2.72. The van der Waals surface area contributed by atoms with Gasteiger partial charge in [0.05, 0.1) is 18.0 Å². The summed E-state index contributed by atoms with van der Waals surface area (Å²) in [6, 6.07) is 9.62. The highest BCUT2D eigenvalue weighted by Crippen LogP contribution is 2.28. The van der Waals surface area contributed by atoms with Crippen LogP contribution in [0, 0.1) is 5.82 Å². The molecular weight excluding hydrogens is 368 g/mol. The Morgan fingerprint density at radius 1 is 0.857 bits per heavy atom. The van der Waals surface area contributed by atoms with E-state index >= 15 is 0 Å². The van der Waals surface area contributed by atoms with Gasteiger partial charge in [-0.3, -0.25) is 0 Å². The highest BCUT2D eigenvalue weighted by molar-refractivity contribution is 5.82. The quantitative estimate of drug-likeness (QED) is 0.194. The highest BCUT2D eigenvalue weighted by atomic mass is 19.4. The Hall–Kier alpha value is -2.50. The van der Waals surface area contributed by atoms with Crippen molar-refractivity contribution in [1.82, 2.24) is 0 Å². The van der Waals surface area contributed by atoms with Crippen molar-refractivity contribution in [2.45, 2.75) is 51.6 Å². The van der Waals surface area contributed by atoms with E-state index in [4.69, 9.17) is 0 Å². The van der Waals surface area contributed by atoms with E-state index in [0.717, 1.165) is 37.0 Å². The third-order valence-electron chi connectivity index (χ3n) is 4.34. The van der Waals surface area contributed by atoms with Crippen LogP contribution in [0.4, 0.5) is 17.6 Å². The van der Waals surface area contributed by atoms with Crippen LogP contribution in [0.2, 0.25) is 0 Å². The fourth-order valence-corrected chi connectivity index (χ4v) is 2.72. The SMILES string of the molecule is CCCCCCCc1ccc(C=NN=Cc2ccc(C(F)(F)F)cc2)c(F)c1. The van der Waals surface area contributed by atoms with Crippen molar-refractivity contribution in [3.05, 3.63) is 70.5 Å². The number of unbranched alkanes of at least 4 members (excludes halogenated alkanes) is 4. The van der Waals surface area contributed by atoms with E-state index in [9.17, 15) is 17.6 Å². The van der Waals surface area contributed by atoms with Gasteiger partial charge in [-0.2, -0.15) is 23.4 Å². The molecule has 2 rings (SSSR count). The largest absolute Gasteiger partial charge is 0.416 e. The first-order valence-corrected chi connectivity index (χ1v) is 9.42. The van der Waals surface area contributed by atoms with E-state index < -0.39 is 11.7 Å². The van der Waals surface area contributed by atoms with Crippen molar-refractivity contribution in [2.75, 3.05) is 0 Å². The van der Waals surface area contributed by atoms with Crippen LogP contribution < -0.4 is 0 Å². The predicted molar refractivity (Wildman–Crippen MR) is 105 cm³/mol. The van der Waals surface area contributed by atoms with Crippen molar-refractivity contribution in [2.24, 2.45) is 10.2 Å². The lowest BCUT2D eigenvalue weighted by Crippen LogP contribution is -2.04. The molecule has 0 unspecified atom stereocenters. The molecule has 2 aromatic rings. The first-order chi connectivity index (χ1) is 13.4. The summed E-state index contributed by atoms with van der Waals surface area (Å²) in [4.78, 5) is 0. The second-order valence-electron chi connectivity index (χ2n) is 6.63. The van der Waals surface area contributed by atoms with Crippen LogP contribution >= 0.6 is 0 Å². The molecular formula is C22H24F4N2. The van der Waals surface area contributed by atoms with E-state index in [2.05, 4.69) is 17.1 Å². The lowest BCUT2D eigenvalue weighted by molar-refractivity contribution is -0.137. The molecule has 0 aliphatic heterocycles. The molecule has 150 valence electrons. The molecule has 0 spiro atoms. The van der Waals surface area contributed by atoms with Gasteiger partial charge in [0.15, 0.2) is 0 Å². The summed E-state index contributed by atoms with van der Waals surface area (Å²) in [6.45, 7) is 2.17. The molecule has 0 aliphatic rings. The topological polar surface area (TPSA) is 24.7 Å². The van der Waals surface area contributed by atoms with E-state index in [-0.39, 0.29) is 5.82 Å². The van der Waals surface area contributed by atoms with Crippen LogP contribution in [0.1, 0.15) is 61.3 Å². The molecule has 0 bridgehead atoms. The summed E-state index contributed by atoms with van der Waals surface area (Å²) in [7, 11) is 0. The van der Waals surface area contributed by atoms with E-state index in [1.54, 1.807) is 6.07 Å². The normalized spacial score (nSPS) is 12.3. The Balaban J connectivity index is 1.88. The van der Waals surface area contributed by atoms with Crippen molar-refractivity contribution >= 4 is 12.4 Å². The van der Waals surface area contributed by atoms with E-state index in [1.807, 2.05) is 6.07 Å². The number of benzene rings is 2. The number of alkyl halides is 3. The molecule has 0 saturated heterocycles. The second kappa shape index (κ2) is 10.7. The molecule has 6 heteroatoms. The zero-order valence-corrected chi connectivity index (χ0v) is 15.8. The number of aryl methyl sites for hydroxylation is 1. The molecule has 2 aromatic carbocycles. The van der Waals surface area contributed by atoms with Crippen LogP contribution in [0.25, 0.3) is 0 Å². The van der Waals surface area contributed by atoms with Crippen LogP contribution in [0.5, 0.6) is 0 Å². The third kappa shape index (κ3) is 7.25. The molecule has 0 heterocycles. The smallest absolute Gasteiger partial charge is 0.206 e. The average Bonchev–Trinajstić information content (AvgIpc) is 2.66. The third-order valence-corrected chi connectivity index (χ3v) is 4.34. The Kier molecular flexibility index (Phi) is 8.36. The van der Waals surface area contributed by atoms with Crippen molar-refractivity contribution < 1.29 is 17.6 Å². The monoisotopic (exact) mass is 392 g/mol. The van der Waals surface area contributed by atoms with Gasteiger partial charge in [-0.25, -0.2) is 4.39 Å².